The summed E-state index contributed by atoms with van der Waals surface area (Å²) >= 11 is 0. The summed E-state index contributed by atoms with van der Waals surface area (Å²) in [5.74, 6) is -0.823. The van der Waals surface area contributed by atoms with Crippen LogP contribution in [0.1, 0.15) is 34.7 Å². The smallest absolute Gasteiger partial charge is 0.408 e. The maximum absolute atomic E-state index is 11.9. The molecule has 1 fully saturated rings. The van der Waals surface area contributed by atoms with Crippen LogP contribution in [0.2, 0.25) is 0 Å². The molecule has 6 nitrogen and oxygen atoms in total. The number of furan rings is 1. The first-order valence-electron chi connectivity index (χ1n) is 6.91. The Labute approximate surface area is 126 Å². The van der Waals surface area contributed by atoms with E-state index in [1.807, 2.05) is 30.3 Å². The molecular weight excluding hydrogens is 286 g/mol. The number of hydrogen-bond acceptors (Lipinski definition) is 4. The van der Waals surface area contributed by atoms with Crippen LogP contribution in [-0.4, -0.2) is 17.2 Å². The fourth-order valence-electron chi connectivity index (χ4n) is 2.22. The molecule has 0 bridgehead atoms. The van der Waals surface area contributed by atoms with Crippen molar-refractivity contribution in [1.29, 1.82) is 0 Å². The van der Waals surface area contributed by atoms with Crippen molar-refractivity contribution in [3.8, 4) is 0 Å². The van der Waals surface area contributed by atoms with Crippen molar-refractivity contribution in [2.75, 3.05) is 0 Å². The number of alkyl carbamates (subject to hydrolysis) is 1. The highest BCUT2D eigenvalue weighted by molar-refractivity contribution is 5.84. The van der Waals surface area contributed by atoms with Crippen LogP contribution in [0.25, 0.3) is 0 Å². The number of carboxylic acids is 1. The van der Waals surface area contributed by atoms with E-state index in [4.69, 9.17) is 14.3 Å². The SMILES string of the molecule is O=C(NC1(c2ccc(C(=O)O)o2)CC1)OCc1ccccc1. The van der Waals surface area contributed by atoms with Crippen molar-refractivity contribution in [1.82, 2.24) is 5.32 Å². The number of carboxylic acid groups (broad SMARTS) is 1. The predicted molar refractivity (Wildman–Crippen MR) is 76.3 cm³/mol. The summed E-state index contributed by atoms with van der Waals surface area (Å²) in [7, 11) is 0. The van der Waals surface area contributed by atoms with Gasteiger partial charge >= 0.3 is 12.1 Å². The Hall–Kier alpha value is -2.76. The summed E-state index contributed by atoms with van der Waals surface area (Å²) < 4.78 is 10.4. The van der Waals surface area contributed by atoms with E-state index in [-0.39, 0.29) is 12.4 Å². The summed E-state index contributed by atoms with van der Waals surface area (Å²) in [5.41, 5.74) is 0.259. The van der Waals surface area contributed by atoms with Gasteiger partial charge < -0.3 is 19.6 Å². The van der Waals surface area contributed by atoms with Crippen LogP contribution < -0.4 is 5.32 Å². The molecule has 3 rings (SSSR count). The van der Waals surface area contributed by atoms with E-state index in [2.05, 4.69) is 5.32 Å². The van der Waals surface area contributed by atoms with Gasteiger partial charge in [0.15, 0.2) is 0 Å². The Balaban J connectivity index is 1.59. The zero-order chi connectivity index (χ0) is 15.6. The number of nitrogens with one attached hydrogen (secondary N) is 1. The van der Waals surface area contributed by atoms with Gasteiger partial charge in [0.1, 0.15) is 17.9 Å². The van der Waals surface area contributed by atoms with Crippen molar-refractivity contribution in [3.05, 3.63) is 59.5 Å². The monoisotopic (exact) mass is 301 g/mol. The second kappa shape index (κ2) is 5.55. The van der Waals surface area contributed by atoms with Gasteiger partial charge in [-0.2, -0.15) is 0 Å². The fraction of sp³-hybridized carbons (Fsp3) is 0.250. The molecule has 0 atom stereocenters. The summed E-state index contributed by atoms with van der Waals surface area (Å²) in [6.07, 6.45) is 0.842. The molecule has 1 saturated carbocycles. The molecule has 6 heteroatoms. The lowest BCUT2D eigenvalue weighted by Crippen LogP contribution is -2.34. The minimum atomic E-state index is -1.13. The average molecular weight is 301 g/mol. The molecule has 22 heavy (non-hydrogen) atoms. The predicted octanol–water partition coefficient (Wildman–Crippen LogP) is 2.89. The number of ether oxygens (including phenoxy) is 1. The van der Waals surface area contributed by atoms with Crippen molar-refractivity contribution in [2.45, 2.75) is 25.0 Å². The van der Waals surface area contributed by atoms with Gasteiger partial charge in [-0.1, -0.05) is 30.3 Å². The number of amides is 1. The highest BCUT2D eigenvalue weighted by atomic mass is 16.5. The molecule has 1 aliphatic rings. The third kappa shape index (κ3) is 2.95. The molecule has 1 aliphatic carbocycles. The first kappa shape index (κ1) is 14.2. The van der Waals surface area contributed by atoms with E-state index in [1.165, 1.54) is 6.07 Å². The molecule has 114 valence electrons. The fourth-order valence-corrected chi connectivity index (χ4v) is 2.22. The van der Waals surface area contributed by atoms with Crippen LogP contribution in [0, 0.1) is 0 Å². The summed E-state index contributed by atoms with van der Waals surface area (Å²) in [5, 5.41) is 11.6. The van der Waals surface area contributed by atoms with Crippen LogP contribution in [0.4, 0.5) is 4.79 Å². The van der Waals surface area contributed by atoms with E-state index in [0.717, 1.165) is 5.56 Å². The van der Waals surface area contributed by atoms with E-state index < -0.39 is 17.6 Å². The van der Waals surface area contributed by atoms with Gasteiger partial charge in [-0.05, 0) is 30.5 Å². The standard InChI is InChI=1S/C16H15NO5/c18-14(19)12-6-7-13(22-12)16(8-9-16)17-15(20)21-10-11-4-2-1-3-5-11/h1-7H,8-10H2,(H,17,20)(H,18,19). The number of hydrogen-bond donors (Lipinski definition) is 2. The van der Waals surface area contributed by atoms with Gasteiger partial charge in [0, 0.05) is 0 Å². The van der Waals surface area contributed by atoms with Gasteiger partial charge in [0.2, 0.25) is 5.76 Å². The van der Waals surface area contributed by atoms with Crippen LogP contribution in [0.5, 0.6) is 0 Å². The Morgan fingerprint density at radius 3 is 2.50 bits per heavy atom. The van der Waals surface area contributed by atoms with E-state index in [9.17, 15) is 9.59 Å². The maximum Gasteiger partial charge on any atom is 0.408 e. The Morgan fingerprint density at radius 2 is 1.91 bits per heavy atom. The van der Waals surface area contributed by atoms with Crippen molar-refractivity contribution >= 4 is 12.1 Å². The maximum atomic E-state index is 11.9. The lowest BCUT2D eigenvalue weighted by atomic mass is 10.2. The minimum absolute atomic E-state index is 0.138. The van der Waals surface area contributed by atoms with E-state index in [0.29, 0.717) is 18.6 Å². The zero-order valence-corrected chi connectivity index (χ0v) is 11.7. The van der Waals surface area contributed by atoms with Crippen molar-refractivity contribution < 1.29 is 23.8 Å². The second-order valence-electron chi connectivity index (χ2n) is 5.24. The second-order valence-corrected chi connectivity index (χ2v) is 5.24. The number of aromatic carboxylic acids is 1. The van der Waals surface area contributed by atoms with Gasteiger partial charge in [-0.3, -0.25) is 0 Å². The first-order chi connectivity index (χ1) is 10.6. The van der Waals surface area contributed by atoms with Crippen LogP contribution in [0.3, 0.4) is 0 Å². The molecule has 0 aliphatic heterocycles. The zero-order valence-electron chi connectivity index (χ0n) is 11.7. The molecule has 1 amide bonds. The van der Waals surface area contributed by atoms with Crippen LogP contribution >= 0.6 is 0 Å². The highest BCUT2D eigenvalue weighted by Gasteiger charge is 2.49. The van der Waals surface area contributed by atoms with Crippen LogP contribution in [-0.2, 0) is 16.9 Å². The van der Waals surface area contributed by atoms with Crippen molar-refractivity contribution in [2.24, 2.45) is 0 Å². The number of benzene rings is 1. The Kier molecular flexibility index (Phi) is 3.58. The highest BCUT2D eigenvalue weighted by Crippen LogP contribution is 2.46. The van der Waals surface area contributed by atoms with Gasteiger partial charge in [0.25, 0.3) is 0 Å². The van der Waals surface area contributed by atoms with Gasteiger partial charge in [-0.15, -0.1) is 0 Å². The molecule has 0 spiro atoms. The lowest BCUT2D eigenvalue weighted by molar-refractivity contribution is 0.0659. The first-order valence-corrected chi connectivity index (χ1v) is 6.91. The third-order valence-electron chi connectivity index (χ3n) is 3.59. The number of rotatable bonds is 5. The minimum Gasteiger partial charge on any atom is -0.475 e. The third-order valence-corrected chi connectivity index (χ3v) is 3.59. The quantitative estimate of drug-likeness (QED) is 0.886. The van der Waals surface area contributed by atoms with E-state index in [1.54, 1.807) is 6.07 Å². The Morgan fingerprint density at radius 1 is 1.18 bits per heavy atom. The lowest BCUT2D eigenvalue weighted by Gasteiger charge is -2.15. The molecular formula is C16H15NO5. The number of carbonyl (C=O) groups is 2. The molecule has 0 unspecified atom stereocenters. The normalized spacial score (nSPS) is 15.1. The summed E-state index contributed by atoms with van der Waals surface area (Å²) in [6, 6.07) is 12.3. The largest absolute Gasteiger partial charge is 0.475 e. The molecule has 2 aromatic rings. The summed E-state index contributed by atoms with van der Waals surface area (Å²) in [4.78, 5) is 22.7. The molecule has 0 saturated heterocycles. The molecule has 1 aromatic carbocycles. The van der Waals surface area contributed by atoms with Crippen LogP contribution in [0.15, 0.2) is 46.9 Å². The summed E-state index contributed by atoms with van der Waals surface area (Å²) in [6.45, 7) is 0.182. The van der Waals surface area contributed by atoms with E-state index >= 15 is 0 Å². The van der Waals surface area contributed by atoms with Crippen molar-refractivity contribution in [3.63, 3.8) is 0 Å². The molecule has 0 radical (unpaired) electrons. The molecule has 1 heterocycles. The average Bonchev–Trinajstić information content (AvgIpc) is 3.11. The number of carbonyl (C=O) groups excluding carboxylic acids is 1. The molecule has 1 aromatic heterocycles. The van der Waals surface area contributed by atoms with Gasteiger partial charge in [-0.25, -0.2) is 9.59 Å². The molecule has 2 N–H and O–H groups in total. The Bertz CT molecular complexity index is 688. The topological polar surface area (TPSA) is 88.8 Å². The van der Waals surface area contributed by atoms with Gasteiger partial charge in [0.05, 0.1) is 0 Å².